The zero-order valence-electron chi connectivity index (χ0n) is 21.1. The molecular weight excluding hydrogens is 617 g/mol. The molecule has 0 aliphatic carbocycles. The summed E-state index contributed by atoms with van der Waals surface area (Å²) in [6, 6.07) is 17.0. The lowest BCUT2D eigenvalue weighted by Crippen LogP contribution is -2.28. The van der Waals surface area contributed by atoms with Crippen LogP contribution in [-0.4, -0.2) is 37.1 Å². The van der Waals surface area contributed by atoms with Crippen molar-refractivity contribution in [1.29, 1.82) is 0 Å². The molecular formula is C28H28IN3O7. The summed E-state index contributed by atoms with van der Waals surface area (Å²) in [7, 11) is 1.50. The lowest BCUT2D eigenvalue weighted by molar-refractivity contribution is -0.111. The average Bonchev–Trinajstić information content (AvgIpc) is 3.38. The minimum atomic E-state index is -0.940. The van der Waals surface area contributed by atoms with E-state index in [9.17, 15) is 14.7 Å². The molecule has 0 radical (unpaired) electrons. The fraction of sp³-hybridized carbons (Fsp3) is 0.214. The van der Waals surface area contributed by atoms with Crippen molar-refractivity contribution in [1.82, 2.24) is 0 Å². The number of aromatic hydroxyl groups is 1. The third kappa shape index (κ3) is 7.54. The summed E-state index contributed by atoms with van der Waals surface area (Å²) in [5.74, 6) is 0.742. The van der Waals surface area contributed by atoms with Crippen LogP contribution in [0.15, 0.2) is 72.8 Å². The summed E-state index contributed by atoms with van der Waals surface area (Å²) >= 11 is 2.11. The molecule has 1 aliphatic heterocycles. The zero-order chi connectivity index (χ0) is 27.8. The predicted molar refractivity (Wildman–Crippen MR) is 155 cm³/mol. The third-order valence-corrected chi connectivity index (χ3v) is 6.57. The van der Waals surface area contributed by atoms with E-state index in [2.05, 4.69) is 33.2 Å². The first-order chi connectivity index (χ1) is 18.8. The van der Waals surface area contributed by atoms with Crippen LogP contribution in [0, 0.1) is 3.57 Å². The fourth-order valence-electron chi connectivity index (χ4n) is 3.96. The van der Waals surface area contributed by atoms with Crippen molar-refractivity contribution in [3.63, 3.8) is 0 Å². The Bertz CT molecular complexity index is 1360. The van der Waals surface area contributed by atoms with Gasteiger partial charge in [-0.1, -0.05) is 18.2 Å². The lowest BCUT2D eigenvalue weighted by Gasteiger charge is -2.27. The minimum Gasteiger partial charge on any atom is -0.508 e. The first-order valence-corrected chi connectivity index (χ1v) is 13.1. The summed E-state index contributed by atoms with van der Waals surface area (Å²) in [6.07, 6.45) is 1.61. The van der Waals surface area contributed by atoms with Crippen molar-refractivity contribution in [2.75, 3.05) is 30.3 Å². The molecule has 4 rings (SSSR count). The number of halogens is 1. The van der Waals surface area contributed by atoms with Gasteiger partial charge in [0.2, 0.25) is 12.7 Å². The van der Waals surface area contributed by atoms with E-state index in [1.54, 1.807) is 60.7 Å². The molecule has 0 unspecified atom stereocenters. The topological polar surface area (TPSA) is 141 Å². The number of carbonyl (C=O) groups is 2. The van der Waals surface area contributed by atoms with E-state index in [-0.39, 0.29) is 18.4 Å². The molecule has 3 aromatic rings. The lowest BCUT2D eigenvalue weighted by atomic mass is 9.99. The van der Waals surface area contributed by atoms with Gasteiger partial charge in [-0.25, -0.2) is 4.79 Å². The van der Waals surface area contributed by atoms with E-state index >= 15 is 0 Å². The van der Waals surface area contributed by atoms with E-state index in [0.29, 0.717) is 47.0 Å². The van der Waals surface area contributed by atoms with Crippen LogP contribution in [0.25, 0.3) is 0 Å². The summed E-state index contributed by atoms with van der Waals surface area (Å²) < 4.78 is 23.0. The molecule has 204 valence electrons. The zero-order valence-corrected chi connectivity index (χ0v) is 23.2. The van der Waals surface area contributed by atoms with Gasteiger partial charge in [0.25, 0.3) is 0 Å². The molecule has 0 saturated carbocycles. The van der Waals surface area contributed by atoms with E-state index in [0.717, 1.165) is 3.57 Å². The number of rotatable bonds is 10. The minimum absolute atomic E-state index is 0.0336. The summed E-state index contributed by atoms with van der Waals surface area (Å²) in [6.45, 7) is 0.114. The van der Waals surface area contributed by atoms with Crippen LogP contribution in [0.3, 0.4) is 0 Å². The maximum Gasteiger partial charge on any atom is 0.412 e. The van der Waals surface area contributed by atoms with Crippen molar-refractivity contribution < 1.29 is 33.6 Å². The number of fused-ring (bicyclic) bond motifs is 1. The average molecular weight is 645 g/mol. The molecule has 5 N–H and O–H groups in total. The number of para-hydroxylation sites is 2. The summed E-state index contributed by atoms with van der Waals surface area (Å²) in [5, 5.41) is 16.0. The Kier molecular flexibility index (Phi) is 9.49. The first kappa shape index (κ1) is 28.0. The van der Waals surface area contributed by atoms with Crippen LogP contribution < -0.4 is 25.8 Å². The second-order valence-electron chi connectivity index (χ2n) is 8.55. The Morgan fingerprint density at radius 1 is 1.10 bits per heavy atom. The van der Waals surface area contributed by atoms with E-state index in [1.807, 2.05) is 0 Å². The standard InChI is InChI=1S/C28H28IN3O7/c1-36-24(8-4-5-9-26(34)32-21-7-3-2-6-20(21)30)27(19-14-17(29)10-12-22(19)33)39-28(35)31-18-11-13-23-25(15-18)38-16-37-23/h2-3,5-7,9-15,24,27,33H,4,8,16,30H2,1H3,(H,31,35)(H,32,34)/b9-5+/t24-,27-/m1/s1. The summed E-state index contributed by atoms with van der Waals surface area (Å²) in [4.78, 5) is 25.2. The van der Waals surface area contributed by atoms with Gasteiger partial charge in [-0.05, 0) is 84.0 Å². The molecule has 2 amide bonds. The van der Waals surface area contributed by atoms with Crippen molar-refractivity contribution in [3.8, 4) is 17.2 Å². The molecule has 0 bridgehead atoms. The van der Waals surface area contributed by atoms with Crippen molar-refractivity contribution >= 4 is 51.7 Å². The van der Waals surface area contributed by atoms with Gasteiger partial charge in [0.05, 0.1) is 17.5 Å². The SMILES string of the molecule is CO[C@H](CC/C=C/C(=O)Nc1ccccc1N)[C@H](OC(=O)Nc1ccc2c(c1)OCO2)c1cc(I)ccc1O. The summed E-state index contributed by atoms with van der Waals surface area (Å²) in [5.41, 5.74) is 7.72. The Morgan fingerprint density at radius 3 is 2.69 bits per heavy atom. The number of carbonyl (C=O) groups excluding carboxylic acids is 2. The van der Waals surface area contributed by atoms with Crippen LogP contribution >= 0.6 is 22.6 Å². The maximum atomic E-state index is 12.9. The van der Waals surface area contributed by atoms with Crippen molar-refractivity contribution in [2.45, 2.75) is 25.0 Å². The molecule has 11 heteroatoms. The number of benzene rings is 3. The van der Waals surface area contributed by atoms with Crippen LogP contribution in [0.1, 0.15) is 24.5 Å². The molecule has 0 spiro atoms. The molecule has 0 saturated heterocycles. The largest absolute Gasteiger partial charge is 0.508 e. The van der Waals surface area contributed by atoms with Crippen LogP contribution in [0.2, 0.25) is 0 Å². The van der Waals surface area contributed by atoms with Gasteiger partial charge in [-0.3, -0.25) is 10.1 Å². The molecule has 0 aromatic heterocycles. The number of anilines is 3. The van der Waals surface area contributed by atoms with Gasteiger partial charge in [-0.2, -0.15) is 0 Å². The molecule has 10 nitrogen and oxygen atoms in total. The quantitative estimate of drug-likeness (QED) is 0.127. The van der Waals surface area contributed by atoms with Gasteiger partial charge < -0.3 is 35.1 Å². The number of hydrogen-bond acceptors (Lipinski definition) is 8. The van der Waals surface area contributed by atoms with Gasteiger partial charge in [0.15, 0.2) is 17.6 Å². The molecule has 39 heavy (non-hydrogen) atoms. The Labute approximate surface area is 239 Å². The number of phenolic OH excluding ortho intramolecular Hbond substituents is 1. The van der Waals surface area contributed by atoms with Crippen LogP contribution in [-0.2, 0) is 14.3 Å². The number of nitrogens with one attached hydrogen (secondary N) is 2. The van der Waals surface area contributed by atoms with E-state index < -0.39 is 18.3 Å². The fourth-order valence-corrected chi connectivity index (χ4v) is 4.47. The normalized spacial score (nSPS) is 13.6. The highest BCUT2D eigenvalue weighted by molar-refractivity contribution is 14.1. The highest BCUT2D eigenvalue weighted by Crippen LogP contribution is 2.36. The van der Waals surface area contributed by atoms with E-state index in [1.165, 1.54) is 19.3 Å². The maximum absolute atomic E-state index is 12.9. The van der Waals surface area contributed by atoms with Crippen molar-refractivity contribution in [2.24, 2.45) is 0 Å². The number of methoxy groups -OCH3 is 1. The van der Waals surface area contributed by atoms with E-state index in [4.69, 9.17) is 24.7 Å². The molecule has 3 aromatic carbocycles. The highest BCUT2D eigenvalue weighted by Gasteiger charge is 2.29. The predicted octanol–water partition coefficient (Wildman–Crippen LogP) is 5.59. The molecule has 1 aliphatic rings. The number of allylic oxidation sites excluding steroid dienone is 1. The monoisotopic (exact) mass is 645 g/mol. The Hall–Kier alpha value is -3.97. The Balaban J connectivity index is 1.43. The number of ether oxygens (including phenoxy) is 4. The number of nitrogens with two attached hydrogens (primary N) is 1. The third-order valence-electron chi connectivity index (χ3n) is 5.90. The van der Waals surface area contributed by atoms with Gasteiger partial charge in [0, 0.05) is 28.0 Å². The number of phenols is 1. The number of amides is 2. The highest BCUT2D eigenvalue weighted by atomic mass is 127. The molecule has 1 heterocycles. The van der Waals surface area contributed by atoms with Crippen LogP contribution in [0.5, 0.6) is 17.2 Å². The second kappa shape index (κ2) is 13.2. The smallest absolute Gasteiger partial charge is 0.412 e. The van der Waals surface area contributed by atoms with Gasteiger partial charge in [0.1, 0.15) is 5.75 Å². The van der Waals surface area contributed by atoms with Crippen molar-refractivity contribution in [3.05, 3.63) is 81.9 Å². The second-order valence-corrected chi connectivity index (χ2v) is 9.80. The van der Waals surface area contributed by atoms with Crippen LogP contribution in [0.4, 0.5) is 21.9 Å². The first-order valence-electron chi connectivity index (χ1n) is 12.0. The Morgan fingerprint density at radius 2 is 1.90 bits per heavy atom. The number of nitrogen functional groups attached to an aromatic ring is 1. The van der Waals surface area contributed by atoms with Gasteiger partial charge in [-0.15, -0.1) is 0 Å². The number of hydrogen-bond donors (Lipinski definition) is 4. The molecule has 0 fully saturated rings. The molecule has 2 atom stereocenters. The van der Waals surface area contributed by atoms with Gasteiger partial charge >= 0.3 is 6.09 Å².